The fraction of sp³-hybridized carbons (Fsp3) is 0.222. The lowest BCUT2D eigenvalue weighted by molar-refractivity contribution is -0.137. The maximum absolute atomic E-state index is 10.5. The molecule has 1 rings (SSSR count). The van der Waals surface area contributed by atoms with E-state index in [0.717, 1.165) is 4.47 Å². The van der Waals surface area contributed by atoms with Gasteiger partial charge in [0.05, 0.1) is 12.1 Å². The summed E-state index contributed by atoms with van der Waals surface area (Å²) in [5, 5.41) is 8.63. The third-order valence-electron chi connectivity index (χ3n) is 1.92. The summed E-state index contributed by atoms with van der Waals surface area (Å²) in [6, 6.07) is 2.91. The number of hydrogen-bond donors (Lipinski definition) is 3. The first-order valence-corrected chi connectivity index (χ1v) is 5.72. The number of halogens is 2. The number of carboxylic acids is 1. The molecule has 1 aromatic carbocycles. The maximum atomic E-state index is 10.5. The molecule has 82 valence electrons. The summed E-state index contributed by atoms with van der Waals surface area (Å²) in [7, 11) is 0. The summed E-state index contributed by atoms with van der Waals surface area (Å²) in [4.78, 5) is 10.5. The van der Waals surface area contributed by atoms with E-state index >= 15 is 0 Å². The van der Waals surface area contributed by atoms with Crippen LogP contribution in [0.2, 0.25) is 0 Å². The van der Waals surface area contributed by atoms with Crippen molar-refractivity contribution >= 4 is 43.5 Å². The zero-order valence-corrected chi connectivity index (χ0v) is 10.9. The molecule has 0 heterocycles. The normalized spacial score (nSPS) is 12.5. The van der Waals surface area contributed by atoms with Gasteiger partial charge in [-0.3, -0.25) is 4.79 Å². The van der Waals surface area contributed by atoms with E-state index in [1.54, 1.807) is 12.1 Å². The first kappa shape index (κ1) is 12.5. The number of nitrogens with two attached hydrogens (primary N) is 2. The SMILES string of the molecule is Nc1c(Br)cc(Br)cc1C(N)CC(=O)O. The first-order chi connectivity index (χ1) is 6.91. The topological polar surface area (TPSA) is 89.3 Å². The number of benzene rings is 1. The third kappa shape index (κ3) is 3.19. The van der Waals surface area contributed by atoms with Gasteiger partial charge in [0.15, 0.2) is 0 Å². The van der Waals surface area contributed by atoms with E-state index in [1.165, 1.54) is 0 Å². The standard InChI is InChI=1S/C9H10Br2N2O2/c10-4-1-5(7(12)3-8(14)15)9(13)6(11)2-4/h1-2,7H,3,12-13H2,(H,14,15). The molecule has 0 aromatic heterocycles. The number of aliphatic carboxylic acids is 1. The summed E-state index contributed by atoms with van der Waals surface area (Å²) in [6.45, 7) is 0. The van der Waals surface area contributed by atoms with Gasteiger partial charge in [-0.25, -0.2) is 0 Å². The minimum absolute atomic E-state index is 0.146. The van der Waals surface area contributed by atoms with Gasteiger partial charge in [0.25, 0.3) is 0 Å². The van der Waals surface area contributed by atoms with Crippen LogP contribution in [0.15, 0.2) is 21.1 Å². The Kier molecular flexibility index (Phi) is 4.12. The predicted octanol–water partition coefficient (Wildman–Crippen LogP) is 2.27. The van der Waals surface area contributed by atoms with Gasteiger partial charge in [0.2, 0.25) is 0 Å². The predicted molar refractivity (Wildman–Crippen MR) is 65.4 cm³/mol. The number of anilines is 1. The molecular weight excluding hydrogens is 328 g/mol. The molecule has 5 N–H and O–H groups in total. The molecule has 1 atom stereocenters. The quantitative estimate of drug-likeness (QED) is 0.738. The molecule has 1 unspecified atom stereocenters. The minimum atomic E-state index is -0.946. The van der Waals surface area contributed by atoms with Gasteiger partial charge in [0.1, 0.15) is 0 Å². The molecule has 4 nitrogen and oxygen atoms in total. The van der Waals surface area contributed by atoms with Gasteiger partial charge in [-0.05, 0) is 33.6 Å². The lowest BCUT2D eigenvalue weighted by Gasteiger charge is -2.14. The van der Waals surface area contributed by atoms with E-state index in [1.807, 2.05) is 0 Å². The van der Waals surface area contributed by atoms with E-state index < -0.39 is 12.0 Å². The molecule has 15 heavy (non-hydrogen) atoms. The van der Waals surface area contributed by atoms with Crippen LogP contribution in [0.3, 0.4) is 0 Å². The zero-order chi connectivity index (χ0) is 11.6. The molecule has 0 aliphatic heterocycles. The highest BCUT2D eigenvalue weighted by molar-refractivity contribution is 9.11. The van der Waals surface area contributed by atoms with Crippen LogP contribution >= 0.6 is 31.9 Å². The number of hydrogen-bond acceptors (Lipinski definition) is 3. The average molecular weight is 338 g/mol. The van der Waals surface area contributed by atoms with Crippen LogP contribution in [-0.4, -0.2) is 11.1 Å². The van der Waals surface area contributed by atoms with Crippen LogP contribution in [0.25, 0.3) is 0 Å². The molecule has 0 saturated carbocycles. The van der Waals surface area contributed by atoms with Gasteiger partial charge in [0, 0.05) is 15.0 Å². The summed E-state index contributed by atoms with van der Waals surface area (Å²) < 4.78 is 1.51. The van der Waals surface area contributed by atoms with E-state index in [2.05, 4.69) is 31.9 Å². The van der Waals surface area contributed by atoms with Crippen LogP contribution in [-0.2, 0) is 4.79 Å². The highest BCUT2D eigenvalue weighted by Crippen LogP contribution is 2.32. The van der Waals surface area contributed by atoms with Crippen molar-refractivity contribution in [3.8, 4) is 0 Å². The Balaban J connectivity index is 3.07. The third-order valence-corrected chi connectivity index (χ3v) is 3.03. The van der Waals surface area contributed by atoms with Crippen LogP contribution in [0.5, 0.6) is 0 Å². The lowest BCUT2D eigenvalue weighted by Crippen LogP contribution is -2.16. The summed E-state index contributed by atoms with van der Waals surface area (Å²) in [6.07, 6.45) is -0.146. The molecule has 0 bridgehead atoms. The van der Waals surface area contributed by atoms with Gasteiger partial charge < -0.3 is 16.6 Å². The molecule has 0 fully saturated rings. The Bertz CT molecular complexity index is 396. The van der Waals surface area contributed by atoms with Crippen molar-refractivity contribution in [1.29, 1.82) is 0 Å². The second-order valence-electron chi connectivity index (χ2n) is 3.09. The molecule has 0 spiro atoms. The average Bonchev–Trinajstić information content (AvgIpc) is 2.09. The summed E-state index contributed by atoms with van der Waals surface area (Å²) in [5.41, 5.74) is 12.6. The number of nitrogen functional groups attached to an aromatic ring is 1. The minimum Gasteiger partial charge on any atom is -0.481 e. The fourth-order valence-corrected chi connectivity index (χ4v) is 2.47. The molecule has 0 amide bonds. The Morgan fingerprint density at radius 1 is 1.47 bits per heavy atom. The van der Waals surface area contributed by atoms with Crippen LogP contribution < -0.4 is 11.5 Å². The van der Waals surface area contributed by atoms with Crippen LogP contribution in [0.4, 0.5) is 5.69 Å². The van der Waals surface area contributed by atoms with Gasteiger partial charge in [-0.15, -0.1) is 0 Å². The lowest BCUT2D eigenvalue weighted by atomic mass is 10.0. The van der Waals surface area contributed by atoms with Crippen molar-refractivity contribution in [2.24, 2.45) is 5.73 Å². The highest BCUT2D eigenvalue weighted by atomic mass is 79.9. The largest absolute Gasteiger partial charge is 0.481 e. The van der Waals surface area contributed by atoms with Crippen molar-refractivity contribution in [1.82, 2.24) is 0 Å². The Hall–Kier alpha value is -0.590. The van der Waals surface area contributed by atoms with Crippen LogP contribution in [0.1, 0.15) is 18.0 Å². The Labute approximate surface area is 104 Å². The van der Waals surface area contributed by atoms with Gasteiger partial charge in [-0.1, -0.05) is 15.9 Å². The van der Waals surface area contributed by atoms with Crippen LogP contribution in [0, 0.1) is 0 Å². The smallest absolute Gasteiger partial charge is 0.305 e. The first-order valence-electron chi connectivity index (χ1n) is 4.13. The molecule has 0 aliphatic carbocycles. The highest BCUT2D eigenvalue weighted by Gasteiger charge is 2.15. The molecule has 0 saturated heterocycles. The van der Waals surface area contributed by atoms with Crippen molar-refractivity contribution in [3.63, 3.8) is 0 Å². The molecular formula is C9H10Br2N2O2. The second-order valence-corrected chi connectivity index (χ2v) is 4.86. The van der Waals surface area contributed by atoms with Crippen molar-refractivity contribution in [2.75, 3.05) is 5.73 Å². The zero-order valence-electron chi connectivity index (χ0n) is 7.71. The number of carboxylic acid groups (broad SMARTS) is 1. The summed E-state index contributed by atoms with van der Waals surface area (Å²) in [5.74, 6) is -0.946. The Morgan fingerprint density at radius 2 is 2.07 bits per heavy atom. The molecule has 1 aromatic rings. The van der Waals surface area contributed by atoms with Gasteiger partial charge >= 0.3 is 5.97 Å². The number of carbonyl (C=O) groups is 1. The monoisotopic (exact) mass is 336 g/mol. The molecule has 6 heteroatoms. The Morgan fingerprint density at radius 3 is 2.60 bits per heavy atom. The van der Waals surface area contributed by atoms with Crippen molar-refractivity contribution in [2.45, 2.75) is 12.5 Å². The second kappa shape index (κ2) is 4.96. The maximum Gasteiger partial charge on any atom is 0.305 e. The van der Waals surface area contributed by atoms with E-state index in [4.69, 9.17) is 16.6 Å². The molecule has 0 radical (unpaired) electrons. The van der Waals surface area contributed by atoms with E-state index in [0.29, 0.717) is 15.7 Å². The van der Waals surface area contributed by atoms with Gasteiger partial charge in [-0.2, -0.15) is 0 Å². The van der Waals surface area contributed by atoms with Crippen molar-refractivity contribution in [3.05, 3.63) is 26.6 Å². The fourth-order valence-electron chi connectivity index (χ4n) is 1.21. The summed E-state index contributed by atoms with van der Waals surface area (Å²) >= 11 is 6.57. The van der Waals surface area contributed by atoms with E-state index in [9.17, 15) is 4.79 Å². The van der Waals surface area contributed by atoms with Crippen molar-refractivity contribution < 1.29 is 9.90 Å². The van der Waals surface area contributed by atoms with E-state index in [-0.39, 0.29) is 6.42 Å². The molecule has 0 aliphatic rings. The number of rotatable bonds is 3.